The Balaban J connectivity index is 1.93. The van der Waals surface area contributed by atoms with E-state index in [1.165, 1.54) is 44.8 Å². The van der Waals surface area contributed by atoms with Crippen LogP contribution in [0.5, 0.6) is 0 Å². The van der Waals surface area contributed by atoms with Gasteiger partial charge in [-0.15, -0.1) is 0 Å². The van der Waals surface area contributed by atoms with Gasteiger partial charge in [-0.3, -0.25) is 4.79 Å². The predicted molar refractivity (Wildman–Crippen MR) is 85.1 cm³/mol. The van der Waals surface area contributed by atoms with Gasteiger partial charge in [-0.05, 0) is 36.9 Å². The molecule has 1 aliphatic carbocycles. The van der Waals surface area contributed by atoms with Gasteiger partial charge in [-0.2, -0.15) is 0 Å². The molecule has 0 saturated heterocycles. The van der Waals surface area contributed by atoms with Gasteiger partial charge >= 0.3 is 5.97 Å². The highest BCUT2D eigenvalue weighted by atomic mass is 16.5. The molecule has 0 radical (unpaired) electrons. The van der Waals surface area contributed by atoms with Gasteiger partial charge in [0, 0.05) is 13.1 Å². The van der Waals surface area contributed by atoms with Crippen LogP contribution in [0.2, 0.25) is 0 Å². The molecule has 0 spiro atoms. The summed E-state index contributed by atoms with van der Waals surface area (Å²) in [7, 11) is 3.63. The lowest BCUT2D eigenvalue weighted by molar-refractivity contribution is -0.139. The van der Waals surface area contributed by atoms with Gasteiger partial charge in [0.15, 0.2) is 0 Å². The molecule has 1 aromatic rings. The van der Waals surface area contributed by atoms with Crippen molar-refractivity contribution in [1.82, 2.24) is 4.90 Å². The summed E-state index contributed by atoms with van der Waals surface area (Å²) < 4.78 is 4.78. The molecule has 1 aliphatic rings. The third kappa shape index (κ3) is 5.16. The number of rotatable bonds is 6. The van der Waals surface area contributed by atoms with Crippen molar-refractivity contribution in [3.05, 3.63) is 35.4 Å². The van der Waals surface area contributed by atoms with Crippen molar-refractivity contribution in [2.24, 2.45) is 5.92 Å². The van der Waals surface area contributed by atoms with Gasteiger partial charge in [-0.1, -0.05) is 43.5 Å². The van der Waals surface area contributed by atoms with Gasteiger partial charge in [0.05, 0.1) is 13.5 Å². The Bertz CT molecular complexity index is 452. The molecule has 0 unspecified atom stereocenters. The zero-order valence-corrected chi connectivity index (χ0v) is 13.3. The van der Waals surface area contributed by atoms with E-state index in [0.717, 1.165) is 24.6 Å². The molecule has 116 valence electrons. The van der Waals surface area contributed by atoms with E-state index >= 15 is 0 Å². The van der Waals surface area contributed by atoms with Gasteiger partial charge < -0.3 is 9.64 Å². The summed E-state index contributed by atoms with van der Waals surface area (Å²) in [4.78, 5) is 13.9. The first-order valence-corrected chi connectivity index (χ1v) is 8.01. The van der Waals surface area contributed by atoms with Gasteiger partial charge in [-0.25, -0.2) is 0 Å². The number of carbonyl (C=O) groups excluding carboxylic acids is 1. The molecule has 1 fully saturated rings. The number of ether oxygens (including phenoxy) is 1. The minimum atomic E-state index is -0.169. The van der Waals surface area contributed by atoms with Crippen LogP contribution in [0.4, 0.5) is 0 Å². The molecule has 0 aliphatic heterocycles. The van der Waals surface area contributed by atoms with Crippen molar-refractivity contribution >= 4 is 5.97 Å². The maximum atomic E-state index is 11.5. The van der Waals surface area contributed by atoms with E-state index in [1.807, 2.05) is 18.2 Å². The molecule has 1 saturated carbocycles. The Kier molecular flexibility index (Phi) is 6.24. The summed E-state index contributed by atoms with van der Waals surface area (Å²) in [6.07, 6.45) is 7.28. The zero-order valence-electron chi connectivity index (χ0n) is 13.3. The quantitative estimate of drug-likeness (QED) is 0.752. The third-order valence-electron chi connectivity index (χ3n) is 4.42. The number of hydrogen-bond donors (Lipinski definition) is 0. The minimum absolute atomic E-state index is 0.169. The first-order valence-electron chi connectivity index (χ1n) is 8.01. The highest BCUT2D eigenvalue weighted by Crippen LogP contribution is 2.24. The van der Waals surface area contributed by atoms with E-state index in [9.17, 15) is 4.79 Å². The Morgan fingerprint density at radius 3 is 2.52 bits per heavy atom. The van der Waals surface area contributed by atoms with Crippen molar-refractivity contribution in [1.29, 1.82) is 0 Å². The van der Waals surface area contributed by atoms with E-state index in [0.29, 0.717) is 6.42 Å². The fraction of sp³-hybridized carbons (Fsp3) is 0.611. The van der Waals surface area contributed by atoms with Crippen molar-refractivity contribution < 1.29 is 9.53 Å². The van der Waals surface area contributed by atoms with Crippen LogP contribution in [0.25, 0.3) is 0 Å². The smallest absolute Gasteiger partial charge is 0.309 e. The molecule has 0 heterocycles. The summed E-state index contributed by atoms with van der Waals surface area (Å²) in [5, 5.41) is 0. The molecule has 21 heavy (non-hydrogen) atoms. The topological polar surface area (TPSA) is 29.5 Å². The lowest BCUT2D eigenvalue weighted by Gasteiger charge is -2.27. The van der Waals surface area contributed by atoms with Crippen LogP contribution in [0, 0.1) is 5.92 Å². The lowest BCUT2D eigenvalue weighted by atomic mass is 9.89. The van der Waals surface area contributed by atoms with Crippen LogP contribution in [-0.4, -0.2) is 31.6 Å². The summed E-state index contributed by atoms with van der Waals surface area (Å²) in [6.45, 7) is 2.07. The summed E-state index contributed by atoms with van der Waals surface area (Å²) >= 11 is 0. The van der Waals surface area contributed by atoms with Crippen molar-refractivity contribution in [2.75, 3.05) is 20.7 Å². The van der Waals surface area contributed by atoms with Crippen LogP contribution < -0.4 is 0 Å². The molecule has 0 bridgehead atoms. The molecule has 0 atom stereocenters. The average molecular weight is 289 g/mol. The number of hydrogen-bond acceptors (Lipinski definition) is 3. The molecule has 0 amide bonds. The highest BCUT2D eigenvalue weighted by molar-refractivity contribution is 5.72. The maximum Gasteiger partial charge on any atom is 0.309 e. The molecule has 3 nitrogen and oxygen atoms in total. The Morgan fingerprint density at radius 1 is 1.19 bits per heavy atom. The first kappa shape index (κ1) is 16.0. The molecule has 1 aromatic carbocycles. The van der Waals surface area contributed by atoms with Crippen LogP contribution in [0.15, 0.2) is 24.3 Å². The second-order valence-corrected chi connectivity index (χ2v) is 6.22. The summed E-state index contributed by atoms with van der Waals surface area (Å²) in [5.41, 5.74) is 2.32. The Morgan fingerprint density at radius 2 is 1.86 bits per heavy atom. The second-order valence-electron chi connectivity index (χ2n) is 6.22. The summed E-state index contributed by atoms with van der Waals surface area (Å²) in [6, 6.07) is 8.18. The molecule has 2 rings (SSSR count). The van der Waals surface area contributed by atoms with Crippen molar-refractivity contribution in [3.63, 3.8) is 0 Å². The second kappa shape index (κ2) is 8.18. The molecular weight excluding hydrogens is 262 g/mol. The van der Waals surface area contributed by atoms with Crippen LogP contribution >= 0.6 is 0 Å². The maximum absolute atomic E-state index is 11.5. The number of methoxy groups -OCH3 is 1. The monoisotopic (exact) mass is 289 g/mol. The van der Waals surface area contributed by atoms with E-state index in [4.69, 9.17) is 4.74 Å². The van der Waals surface area contributed by atoms with E-state index in [-0.39, 0.29) is 5.97 Å². The molecule has 0 aromatic heterocycles. The fourth-order valence-electron chi connectivity index (χ4n) is 3.28. The van der Waals surface area contributed by atoms with E-state index in [2.05, 4.69) is 18.0 Å². The predicted octanol–water partition coefficient (Wildman–Crippen LogP) is 3.41. The lowest BCUT2D eigenvalue weighted by Crippen LogP contribution is -2.27. The van der Waals surface area contributed by atoms with Crippen molar-refractivity contribution in [3.8, 4) is 0 Å². The third-order valence-corrected chi connectivity index (χ3v) is 4.42. The summed E-state index contributed by atoms with van der Waals surface area (Å²) in [5.74, 6) is 0.675. The number of nitrogens with zero attached hydrogens (tertiary/aromatic N) is 1. The van der Waals surface area contributed by atoms with Crippen molar-refractivity contribution in [2.45, 2.75) is 45.1 Å². The minimum Gasteiger partial charge on any atom is -0.469 e. The number of carbonyl (C=O) groups is 1. The average Bonchev–Trinajstić information content (AvgIpc) is 2.50. The number of esters is 1. The van der Waals surface area contributed by atoms with E-state index in [1.54, 1.807) is 0 Å². The zero-order chi connectivity index (χ0) is 15.1. The highest BCUT2D eigenvalue weighted by Gasteiger charge is 2.16. The van der Waals surface area contributed by atoms with Gasteiger partial charge in [0.25, 0.3) is 0 Å². The Labute approximate surface area is 128 Å². The van der Waals surface area contributed by atoms with Gasteiger partial charge in [0.1, 0.15) is 0 Å². The van der Waals surface area contributed by atoms with Crippen LogP contribution in [0.3, 0.4) is 0 Å². The SMILES string of the molecule is COC(=O)Cc1ccccc1CN(C)CC1CCCCC1. The van der Waals surface area contributed by atoms with Gasteiger partial charge in [0.2, 0.25) is 0 Å². The molecule has 0 N–H and O–H groups in total. The van der Waals surface area contributed by atoms with Crippen LogP contribution in [0.1, 0.15) is 43.2 Å². The van der Waals surface area contributed by atoms with E-state index < -0.39 is 0 Å². The fourth-order valence-corrected chi connectivity index (χ4v) is 3.28. The molecule has 3 heteroatoms. The largest absolute Gasteiger partial charge is 0.469 e. The number of benzene rings is 1. The first-order chi connectivity index (χ1) is 10.2. The molecular formula is C18H27NO2. The normalized spacial score (nSPS) is 16.1. The standard InChI is InChI=1S/C18H27NO2/c1-19(13-15-8-4-3-5-9-15)14-17-11-7-6-10-16(17)12-18(20)21-2/h6-7,10-11,15H,3-5,8-9,12-14H2,1-2H3. The van der Waals surface area contributed by atoms with Crippen LogP contribution in [-0.2, 0) is 22.5 Å². The Hall–Kier alpha value is -1.35.